The first-order valence-electron chi connectivity index (χ1n) is 8.04. The molecular weight excluding hydrogens is 310 g/mol. The van der Waals surface area contributed by atoms with E-state index in [0.717, 1.165) is 53.8 Å². The van der Waals surface area contributed by atoms with Gasteiger partial charge < -0.3 is 14.8 Å². The predicted molar refractivity (Wildman–Crippen MR) is 97.0 cm³/mol. The average molecular weight is 334 g/mol. The number of nitrogens with one attached hydrogen (secondary N) is 1. The number of ether oxygens (including phenoxy) is 2. The van der Waals surface area contributed by atoms with Crippen LogP contribution in [0.15, 0.2) is 42.5 Å². The van der Waals surface area contributed by atoms with Gasteiger partial charge in [0.25, 0.3) is 0 Å². The molecule has 0 spiro atoms. The molecule has 2 rings (SSSR count). The summed E-state index contributed by atoms with van der Waals surface area (Å²) in [6, 6.07) is 13.7. The molecule has 0 unspecified atom stereocenters. The lowest BCUT2D eigenvalue weighted by Gasteiger charge is -2.12. The van der Waals surface area contributed by atoms with Crippen molar-refractivity contribution in [2.45, 2.75) is 26.7 Å². The van der Waals surface area contributed by atoms with Gasteiger partial charge in [-0.2, -0.15) is 0 Å². The number of aryl methyl sites for hydroxylation is 1. The number of hydrogen-bond acceptors (Lipinski definition) is 3. The first-order valence-corrected chi connectivity index (χ1v) is 8.42. The van der Waals surface area contributed by atoms with Crippen molar-refractivity contribution in [1.82, 2.24) is 0 Å². The van der Waals surface area contributed by atoms with Gasteiger partial charge in [-0.1, -0.05) is 31.0 Å². The molecule has 2 aromatic rings. The highest BCUT2D eigenvalue weighted by Crippen LogP contribution is 2.22. The van der Waals surface area contributed by atoms with Crippen molar-refractivity contribution in [3.8, 4) is 11.5 Å². The molecule has 0 saturated heterocycles. The van der Waals surface area contributed by atoms with Crippen molar-refractivity contribution in [2.24, 2.45) is 0 Å². The second-order valence-corrected chi connectivity index (χ2v) is 5.85. The fourth-order valence-corrected chi connectivity index (χ4v) is 2.39. The summed E-state index contributed by atoms with van der Waals surface area (Å²) < 4.78 is 11.5. The zero-order valence-corrected chi connectivity index (χ0v) is 14.5. The molecule has 0 heterocycles. The molecule has 0 aliphatic carbocycles. The van der Waals surface area contributed by atoms with Gasteiger partial charge in [0.2, 0.25) is 0 Å². The molecule has 1 N–H and O–H groups in total. The first kappa shape index (κ1) is 17.5. The Kier molecular flexibility index (Phi) is 7.08. The number of benzene rings is 2. The molecular formula is C19H24ClNO2. The largest absolute Gasteiger partial charge is 0.494 e. The summed E-state index contributed by atoms with van der Waals surface area (Å²) in [6.07, 6.45) is 2.21. The fraction of sp³-hybridized carbons (Fsp3) is 0.368. The van der Waals surface area contributed by atoms with Gasteiger partial charge in [-0.05, 0) is 49.2 Å². The van der Waals surface area contributed by atoms with Crippen LogP contribution >= 0.6 is 11.6 Å². The molecule has 4 heteroatoms. The zero-order chi connectivity index (χ0) is 16.5. The van der Waals surface area contributed by atoms with Crippen LogP contribution in [-0.4, -0.2) is 19.8 Å². The van der Waals surface area contributed by atoms with Gasteiger partial charge in [-0.25, -0.2) is 0 Å². The van der Waals surface area contributed by atoms with Crippen LogP contribution in [0.3, 0.4) is 0 Å². The summed E-state index contributed by atoms with van der Waals surface area (Å²) in [4.78, 5) is 0. The lowest BCUT2D eigenvalue weighted by Crippen LogP contribution is -2.12. The van der Waals surface area contributed by atoms with Crippen LogP contribution in [0.1, 0.15) is 25.3 Å². The Balaban J connectivity index is 1.76. The van der Waals surface area contributed by atoms with Crippen LogP contribution < -0.4 is 14.8 Å². The monoisotopic (exact) mass is 333 g/mol. The van der Waals surface area contributed by atoms with Gasteiger partial charge in [0.15, 0.2) is 0 Å². The normalized spacial score (nSPS) is 10.4. The second kappa shape index (κ2) is 9.31. The topological polar surface area (TPSA) is 30.5 Å². The maximum Gasteiger partial charge on any atom is 0.122 e. The van der Waals surface area contributed by atoms with Crippen molar-refractivity contribution in [3.05, 3.63) is 53.1 Å². The molecule has 0 atom stereocenters. The van der Waals surface area contributed by atoms with Crippen LogP contribution in [0.2, 0.25) is 5.02 Å². The van der Waals surface area contributed by atoms with Crippen molar-refractivity contribution in [3.63, 3.8) is 0 Å². The van der Waals surface area contributed by atoms with Gasteiger partial charge in [-0.3, -0.25) is 0 Å². The number of rotatable bonds is 9. The number of anilines is 1. The molecule has 124 valence electrons. The van der Waals surface area contributed by atoms with Crippen LogP contribution in [0.25, 0.3) is 0 Å². The minimum absolute atomic E-state index is 0.587. The minimum atomic E-state index is 0.587. The van der Waals surface area contributed by atoms with E-state index in [9.17, 15) is 0 Å². The third kappa shape index (κ3) is 6.03. The van der Waals surface area contributed by atoms with Crippen LogP contribution in [-0.2, 0) is 0 Å². The van der Waals surface area contributed by atoms with Gasteiger partial charge in [0.05, 0.1) is 6.61 Å². The van der Waals surface area contributed by atoms with Gasteiger partial charge in [0, 0.05) is 23.3 Å². The van der Waals surface area contributed by atoms with Gasteiger partial charge >= 0.3 is 0 Å². The van der Waals surface area contributed by atoms with Crippen LogP contribution in [0, 0.1) is 6.92 Å². The van der Waals surface area contributed by atoms with E-state index in [2.05, 4.69) is 12.2 Å². The maximum atomic E-state index is 5.94. The molecule has 0 radical (unpaired) electrons. The second-order valence-electron chi connectivity index (χ2n) is 5.41. The lowest BCUT2D eigenvalue weighted by atomic mass is 10.2. The highest BCUT2D eigenvalue weighted by molar-refractivity contribution is 6.30. The van der Waals surface area contributed by atoms with Crippen LogP contribution in [0.4, 0.5) is 5.69 Å². The summed E-state index contributed by atoms with van der Waals surface area (Å²) in [5, 5.41) is 4.07. The van der Waals surface area contributed by atoms with Gasteiger partial charge in [-0.15, -0.1) is 0 Å². The molecule has 0 bridgehead atoms. The number of hydrogen-bond donors (Lipinski definition) is 1. The Morgan fingerprint density at radius 3 is 2.70 bits per heavy atom. The summed E-state index contributed by atoms with van der Waals surface area (Å²) in [5.74, 6) is 1.77. The van der Waals surface area contributed by atoms with E-state index in [1.165, 1.54) is 0 Å². The third-order valence-electron chi connectivity index (χ3n) is 3.43. The summed E-state index contributed by atoms with van der Waals surface area (Å²) in [6.45, 7) is 6.22. The Bertz CT molecular complexity index is 616. The fourth-order valence-electron chi connectivity index (χ4n) is 2.16. The Labute approximate surface area is 143 Å². The lowest BCUT2D eigenvalue weighted by molar-refractivity contribution is 0.309. The molecule has 0 aromatic heterocycles. The Morgan fingerprint density at radius 1 is 1.04 bits per heavy atom. The quantitative estimate of drug-likeness (QED) is 0.630. The molecule has 0 amide bonds. The molecule has 23 heavy (non-hydrogen) atoms. The van der Waals surface area contributed by atoms with Crippen molar-refractivity contribution in [2.75, 3.05) is 25.1 Å². The molecule has 0 saturated carbocycles. The van der Waals surface area contributed by atoms with E-state index < -0.39 is 0 Å². The number of halogens is 1. The van der Waals surface area contributed by atoms with Crippen molar-refractivity contribution >= 4 is 17.3 Å². The molecule has 0 aliphatic heterocycles. The predicted octanol–water partition coefficient (Wildman–Crippen LogP) is 5.32. The first-order chi connectivity index (χ1) is 11.2. The molecule has 0 aliphatic rings. The van der Waals surface area contributed by atoms with Crippen molar-refractivity contribution in [1.29, 1.82) is 0 Å². The zero-order valence-electron chi connectivity index (χ0n) is 13.8. The summed E-state index contributed by atoms with van der Waals surface area (Å²) >= 11 is 5.94. The minimum Gasteiger partial charge on any atom is -0.494 e. The van der Waals surface area contributed by atoms with E-state index in [1.807, 2.05) is 49.4 Å². The van der Waals surface area contributed by atoms with Gasteiger partial charge in [0.1, 0.15) is 18.1 Å². The Hall–Kier alpha value is -1.87. The molecule has 3 nitrogen and oxygen atoms in total. The SMILES string of the molecule is CCCCOc1cccc(NCCOc2ccc(Cl)cc2C)c1. The smallest absolute Gasteiger partial charge is 0.122 e. The molecule has 2 aromatic carbocycles. The highest BCUT2D eigenvalue weighted by atomic mass is 35.5. The standard InChI is InChI=1S/C19H24ClNO2/c1-3-4-11-22-18-7-5-6-17(14-18)21-10-12-23-19-9-8-16(20)13-15(19)2/h5-9,13-14,21H,3-4,10-12H2,1-2H3. The van der Waals surface area contributed by atoms with E-state index >= 15 is 0 Å². The maximum absolute atomic E-state index is 5.94. The van der Waals surface area contributed by atoms with E-state index in [4.69, 9.17) is 21.1 Å². The average Bonchev–Trinajstić information content (AvgIpc) is 2.54. The summed E-state index contributed by atoms with van der Waals surface area (Å²) in [5.41, 5.74) is 2.08. The summed E-state index contributed by atoms with van der Waals surface area (Å²) in [7, 11) is 0. The van der Waals surface area contributed by atoms with E-state index in [-0.39, 0.29) is 0 Å². The third-order valence-corrected chi connectivity index (χ3v) is 3.66. The molecule has 0 fully saturated rings. The van der Waals surface area contributed by atoms with Crippen LogP contribution in [0.5, 0.6) is 11.5 Å². The van der Waals surface area contributed by atoms with Crippen molar-refractivity contribution < 1.29 is 9.47 Å². The Morgan fingerprint density at radius 2 is 1.91 bits per heavy atom. The van der Waals surface area contributed by atoms with E-state index in [0.29, 0.717) is 6.61 Å². The highest BCUT2D eigenvalue weighted by Gasteiger charge is 2.01. The van der Waals surface area contributed by atoms with E-state index in [1.54, 1.807) is 0 Å². The number of unbranched alkanes of at least 4 members (excludes halogenated alkanes) is 1.